The average Bonchev–Trinajstić information content (AvgIpc) is 2.43. The lowest BCUT2D eigenvalue weighted by Crippen LogP contribution is -2.24. The molecule has 0 bridgehead atoms. The molecule has 2 amide bonds. The summed E-state index contributed by atoms with van der Waals surface area (Å²) >= 11 is 0. The molecule has 0 aliphatic heterocycles. The Hall–Kier alpha value is -2.69. The third-order valence-corrected chi connectivity index (χ3v) is 2.73. The topological polar surface area (TPSA) is 41.1 Å². The number of aryl methyl sites for hydroxylation is 1. The summed E-state index contributed by atoms with van der Waals surface area (Å²) in [6.45, 7) is 1.96. The highest BCUT2D eigenvalue weighted by molar-refractivity contribution is 5.90. The molecule has 0 aromatic heterocycles. The molecule has 0 aliphatic carbocycles. The predicted molar refractivity (Wildman–Crippen MR) is 78.7 cm³/mol. The lowest BCUT2D eigenvalue weighted by atomic mass is 10.1. The van der Waals surface area contributed by atoms with Crippen LogP contribution in [-0.2, 0) is 0 Å². The molecule has 0 spiro atoms. The van der Waals surface area contributed by atoms with Crippen LogP contribution < -0.4 is 10.6 Å². The number of halogens is 2. The van der Waals surface area contributed by atoms with Gasteiger partial charge in [0.05, 0.1) is 0 Å². The van der Waals surface area contributed by atoms with Crippen molar-refractivity contribution in [3.8, 4) is 0 Å². The van der Waals surface area contributed by atoms with Crippen LogP contribution in [0.4, 0.5) is 19.3 Å². The summed E-state index contributed by atoms with van der Waals surface area (Å²) < 4.78 is 26.7. The van der Waals surface area contributed by atoms with Gasteiger partial charge in [0.1, 0.15) is 17.3 Å². The van der Waals surface area contributed by atoms with E-state index < -0.39 is 23.4 Å². The summed E-state index contributed by atoms with van der Waals surface area (Å²) in [4.78, 5) is 11.6. The van der Waals surface area contributed by atoms with Crippen molar-refractivity contribution in [2.24, 2.45) is 0 Å². The van der Waals surface area contributed by atoms with Crippen molar-refractivity contribution >= 4 is 17.8 Å². The zero-order valence-corrected chi connectivity index (χ0v) is 11.4. The summed E-state index contributed by atoms with van der Waals surface area (Å²) in [6.07, 6.45) is 3.09. The summed E-state index contributed by atoms with van der Waals surface area (Å²) in [7, 11) is 0. The maximum Gasteiger partial charge on any atom is 0.323 e. The second kappa shape index (κ2) is 6.65. The molecule has 0 heterocycles. The largest absolute Gasteiger partial charge is 0.323 e. The first-order valence-electron chi connectivity index (χ1n) is 6.31. The van der Waals surface area contributed by atoms with E-state index in [9.17, 15) is 13.6 Å². The zero-order valence-electron chi connectivity index (χ0n) is 11.4. The first kappa shape index (κ1) is 14.7. The molecule has 0 saturated carbocycles. The minimum atomic E-state index is -0.826. The quantitative estimate of drug-likeness (QED) is 0.878. The second-order valence-corrected chi connectivity index (χ2v) is 4.44. The van der Waals surface area contributed by atoms with Crippen molar-refractivity contribution in [3.05, 3.63) is 71.4 Å². The van der Waals surface area contributed by atoms with Gasteiger partial charge < -0.3 is 10.6 Å². The number of carbonyl (C=O) groups is 1. The standard InChI is InChI=1S/C16H14F2N2O/c1-11-4-2-5-12(10-11)8-9-19-16(21)20-15-13(17)6-3-7-14(15)18/h2-10H,1H3,(H2,19,20,21)/b9-8+. The fourth-order valence-electron chi connectivity index (χ4n) is 1.75. The van der Waals surface area contributed by atoms with E-state index in [2.05, 4.69) is 10.6 Å². The Morgan fingerprint density at radius 3 is 2.43 bits per heavy atom. The molecule has 0 fully saturated rings. The molecular weight excluding hydrogens is 274 g/mol. The van der Waals surface area contributed by atoms with E-state index in [1.807, 2.05) is 31.2 Å². The molecule has 0 aliphatic rings. The highest BCUT2D eigenvalue weighted by atomic mass is 19.1. The molecule has 0 saturated heterocycles. The van der Waals surface area contributed by atoms with Gasteiger partial charge in [0.2, 0.25) is 0 Å². The lowest BCUT2D eigenvalue weighted by Gasteiger charge is -2.06. The van der Waals surface area contributed by atoms with Gasteiger partial charge >= 0.3 is 6.03 Å². The molecule has 2 N–H and O–H groups in total. The first-order chi connectivity index (χ1) is 10.1. The highest BCUT2D eigenvalue weighted by Crippen LogP contribution is 2.17. The molecule has 5 heteroatoms. The summed E-state index contributed by atoms with van der Waals surface area (Å²) in [5.74, 6) is -1.65. The van der Waals surface area contributed by atoms with E-state index in [4.69, 9.17) is 0 Å². The van der Waals surface area contributed by atoms with Crippen molar-refractivity contribution in [3.63, 3.8) is 0 Å². The molecule has 0 radical (unpaired) electrons. The number of carbonyl (C=O) groups excluding carboxylic acids is 1. The number of nitrogens with one attached hydrogen (secondary N) is 2. The molecule has 2 aromatic carbocycles. The van der Waals surface area contributed by atoms with E-state index in [1.54, 1.807) is 6.08 Å². The van der Waals surface area contributed by atoms with E-state index >= 15 is 0 Å². The Bertz CT molecular complexity index is 663. The number of benzene rings is 2. The van der Waals surface area contributed by atoms with Gasteiger partial charge in [-0.2, -0.15) is 0 Å². The van der Waals surface area contributed by atoms with Gasteiger partial charge in [0.15, 0.2) is 0 Å². The summed E-state index contributed by atoms with van der Waals surface area (Å²) in [5.41, 5.74) is 1.53. The van der Waals surface area contributed by atoms with Crippen LogP contribution in [0.1, 0.15) is 11.1 Å². The highest BCUT2D eigenvalue weighted by Gasteiger charge is 2.10. The van der Waals surface area contributed by atoms with Gasteiger partial charge in [-0.05, 0) is 30.7 Å². The number of para-hydroxylation sites is 1. The van der Waals surface area contributed by atoms with Crippen LogP contribution in [0.2, 0.25) is 0 Å². The summed E-state index contributed by atoms with van der Waals surface area (Å²) in [5, 5.41) is 4.51. The Labute approximate surface area is 121 Å². The monoisotopic (exact) mass is 288 g/mol. The minimum Gasteiger partial charge on any atom is -0.314 e. The van der Waals surface area contributed by atoms with E-state index in [0.29, 0.717) is 0 Å². The van der Waals surface area contributed by atoms with E-state index in [0.717, 1.165) is 23.3 Å². The fourth-order valence-corrected chi connectivity index (χ4v) is 1.75. The lowest BCUT2D eigenvalue weighted by molar-refractivity contribution is 0.255. The number of hydrogen-bond acceptors (Lipinski definition) is 1. The Morgan fingerprint density at radius 2 is 1.76 bits per heavy atom. The Kier molecular flexibility index (Phi) is 4.66. The number of urea groups is 1. The molecule has 21 heavy (non-hydrogen) atoms. The van der Waals surface area contributed by atoms with Crippen molar-refractivity contribution in [2.75, 3.05) is 5.32 Å². The van der Waals surface area contributed by atoms with Crippen LogP contribution >= 0.6 is 0 Å². The van der Waals surface area contributed by atoms with Crippen LogP contribution in [0, 0.1) is 18.6 Å². The molecule has 0 unspecified atom stereocenters. The smallest absolute Gasteiger partial charge is 0.314 e. The molecular formula is C16H14F2N2O. The second-order valence-electron chi connectivity index (χ2n) is 4.44. The van der Waals surface area contributed by atoms with Crippen molar-refractivity contribution in [1.29, 1.82) is 0 Å². The fraction of sp³-hybridized carbons (Fsp3) is 0.0625. The van der Waals surface area contributed by atoms with Gasteiger partial charge in [-0.3, -0.25) is 0 Å². The summed E-state index contributed by atoms with van der Waals surface area (Å²) in [6, 6.07) is 10.3. The molecule has 108 valence electrons. The maximum atomic E-state index is 13.3. The van der Waals surface area contributed by atoms with Crippen LogP contribution in [0.3, 0.4) is 0 Å². The minimum absolute atomic E-state index is 0.473. The number of hydrogen-bond donors (Lipinski definition) is 2. The van der Waals surface area contributed by atoms with Gasteiger partial charge in [0, 0.05) is 6.20 Å². The van der Waals surface area contributed by atoms with Crippen LogP contribution in [0.15, 0.2) is 48.7 Å². The Morgan fingerprint density at radius 1 is 1.10 bits per heavy atom. The third kappa shape index (κ3) is 4.14. The van der Waals surface area contributed by atoms with Crippen molar-refractivity contribution in [2.45, 2.75) is 6.92 Å². The molecule has 2 aromatic rings. The van der Waals surface area contributed by atoms with Crippen LogP contribution in [-0.4, -0.2) is 6.03 Å². The molecule has 3 nitrogen and oxygen atoms in total. The first-order valence-corrected chi connectivity index (χ1v) is 6.31. The third-order valence-electron chi connectivity index (χ3n) is 2.73. The van der Waals surface area contributed by atoms with Gasteiger partial charge in [-0.25, -0.2) is 13.6 Å². The Balaban J connectivity index is 1.96. The van der Waals surface area contributed by atoms with Crippen molar-refractivity contribution < 1.29 is 13.6 Å². The predicted octanol–water partition coefficient (Wildman–Crippen LogP) is 4.07. The van der Waals surface area contributed by atoms with Crippen molar-refractivity contribution in [1.82, 2.24) is 5.32 Å². The van der Waals surface area contributed by atoms with E-state index in [-0.39, 0.29) is 0 Å². The zero-order chi connectivity index (χ0) is 15.2. The van der Waals surface area contributed by atoms with Gasteiger partial charge in [-0.15, -0.1) is 0 Å². The van der Waals surface area contributed by atoms with Crippen LogP contribution in [0.5, 0.6) is 0 Å². The van der Waals surface area contributed by atoms with Gasteiger partial charge in [0.25, 0.3) is 0 Å². The number of anilines is 1. The van der Waals surface area contributed by atoms with Gasteiger partial charge in [-0.1, -0.05) is 35.9 Å². The number of amides is 2. The van der Waals surface area contributed by atoms with Crippen LogP contribution in [0.25, 0.3) is 6.08 Å². The molecule has 2 rings (SSSR count). The average molecular weight is 288 g/mol. The SMILES string of the molecule is Cc1cccc(/C=C/NC(=O)Nc2c(F)cccc2F)c1. The van der Waals surface area contributed by atoms with E-state index in [1.165, 1.54) is 12.3 Å². The normalized spacial score (nSPS) is 10.6. The molecule has 0 atom stereocenters. The number of rotatable bonds is 3. The maximum absolute atomic E-state index is 13.3.